The van der Waals surface area contributed by atoms with Crippen molar-refractivity contribution >= 4 is 10.0 Å². The van der Waals surface area contributed by atoms with Crippen LogP contribution in [0.15, 0.2) is 53.4 Å². The molecule has 2 aromatic rings. The number of nitrogens with one attached hydrogen (secondary N) is 1. The molecule has 128 valence electrons. The van der Waals surface area contributed by atoms with Crippen LogP contribution in [0.3, 0.4) is 0 Å². The third kappa shape index (κ3) is 4.23. The van der Waals surface area contributed by atoms with Gasteiger partial charge in [0.25, 0.3) is 0 Å². The van der Waals surface area contributed by atoms with Crippen LogP contribution in [0.5, 0.6) is 0 Å². The van der Waals surface area contributed by atoms with Crippen molar-refractivity contribution in [1.29, 1.82) is 0 Å². The topological polar surface area (TPSA) is 72.2 Å². The van der Waals surface area contributed by atoms with Crippen LogP contribution in [0.4, 0.5) is 0 Å². The molecule has 0 radical (unpaired) electrons. The molecule has 24 heavy (non-hydrogen) atoms. The molecule has 5 heteroatoms. The Balaban J connectivity index is 1.57. The van der Waals surface area contributed by atoms with Crippen LogP contribution in [0.2, 0.25) is 0 Å². The normalized spacial score (nSPS) is 17.5. The summed E-state index contributed by atoms with van der Waals surface area (Å²) < 4.78 is 23.6. The Morgan fingerprint density at radius 1 is 1.08 bits per heavy atom. The number of primary sulfonamides is 1. The van der Waals surface area contributed by atoms with Gasteiger partial charge in [-0.15, -0.1) is 0 Å². The van der Waals surface area contributed by atoms with Crippen molar-refractivity contribution in [1.82, 2.24) is 5.32 Å². The van der Waals surface area contributed by atoms with Crippen LogP contribution in [0.25, 0.3) is 0 Å². The fourth-order valence-corrected chi connectivity index (χ4v) is 4.27. The first kappa shape index (κ1) is 17.1. The molecule has 0 aliphatic heterocycles. The predicted molar refractivity (Wildman–Crippen MR) is 96.4 cm³/mol. The number of aryl methyl sites for hydroxylation is 2. The van der Waals surface area contributed by atoms with Crippen LogP contribution >= 0.6 is 0 Å². The van der Waals surface area contributed by atoms with E-state index >= 15 is 0 Å². The first-order valence-electron chi connectivity index (χ1n) is 8.45. The number of benzene rings is 2. The van der Waals surface area contributed by atoms with Gasteiger partial charge in [0, 0.05) is 6.04 Å². The van der Waals surface area contributed by atoms with E-state index < -0.39 is 10.0 Å². The molecule has 4 nitrogen and oxygen atoms in total. The van der Waals surface area contributed by atoms with E-state index in [0.717, 1.165) is 49.8 Å². The van der Waals surface area contributed by atoms with Crippen molar-refractivity contribution in [2.45, 2.75) is 43.0 Å². The highest BCUT2D eigenvalue weighted by atomic mass is 32.2. The van der Waals surface area contributed by atoms with Gasteiger partial charge < -0.3 is 5.32 Å². The van der Waals surface area contributed by atoms with E-state index in [1.54, 1.807) is 12.1 Å². The van der Waals surface area contributed by atoms with Gasteiger partial charge >= 0.3 is 0 Å². The third-order valence-corrected chi connectivity index (χ3v) is 5.66. The van der Waals surface area contributed by atoms with E-state index in [1.165, 1.54) is 5.56 Å². The second-order valence-electron chi connectivity index (χ2n) is 6.42. The highest BCUT2D eigenvalue weighted by molar-refractivity contribution is 7.89. The average molecular weight is 344 g/mol. The number of hydrogen-bond acceptors (Lipinski definition) is 3. The Kier molecular flexibility index (Phi) is 5.33. The van der Waals surface area contributed by atoms with Gasteiger partial charge in [0.2, 0.25) is 10.0 Å². The fraction of sp³-hybridized carbons (Fsp3) is 0.368. The SMILES string of the molecule is NS(=O)(=O)c1cccc2c1CC(NCCCc1ccccc1)CC2. The molecule has 1 aliphatic carbocycles. The second kappa shape index (κ2) is 7.47. The van der Waals surface area contributed by atoms with Gasteiger partial charge in [0.05, 0.1) is 4.90 Å². The van der Waals surface area contributed by atoms with Gasteiger partial charge in [-0.25, -0.2) is 13.6 Å². The maximum atomic E-state index is 11.8. The zero-order chi connectivity index (χ0) is 17.0. The lowest BCUT2D eigenvalue weighted by Crippen LogP contribution is -2.36. The molecule has 1 atom stereocenters. The van der Waals surface area contributed by atoms with Crippen molar-refractivity contribution in [2.24, 2.45) is 5.14 Å². The summed E-state index contributed by atoms with van der Waals surface area (Å²) in [6, 6.07) is 16.2. The number of sulfonamides is 1. The third-order valence-electron chi connectivity index (χ3n) is 4.67. The summed E-state index contributed by atoms with van der Waals surface area (Å²) in [6.07, 6.45) is 4.79. The number of nitrogens with two attached hydrogens (primary N) is 1. The molecule has 0 heterocycles. The molecule has 3 N–H and O–H groups in total. The fourth-order valence-electron chi connectivity index (χ4n) is 3.44. The highest BCUT2D eigenvalue weighted by Gasteiger charge is 2.24. The van der Waals surface area contributed by atoms with Gasteiger partial charge in [-0.05, 0) is 61.4 Å². The summed E-state index contributed by atoms with van der Waals surface area (Å²) in [5, 5.41) is 8.94. The van der Waals surface area contributed by atoms with Gasteiger partial charge in [0.1, 0.15) is 0 Å². The maximum absolute atomic E-state index is 11.8. The smallest absolute Gasteiger partial charge is 0.238 e. The lowest BCUT2D eigenvalue weighted by atomic mass is 9.88. The van der Waals surface area contributed by atoms with Crippen LogP contribution in [0, 0.1) is 0 Å². The van der Waals surface area contributed by atoms with Crippen molar-refractivity contribution < 1.29 is 8.42 Å². The first-order chi connectivity index (χ1) is 11.5. The minimum absolute atomic E-state index is 0.288. The summed E-state index contributed by atoms with van der Waals surface area (Å²) in [7, 11) is -3.66. The van der Waals surface area contributed by atoms with E-state index in [2.05, 4.69) is 29.6 Å². The molecular formula is C19H24N2O2S. The van der Waals surface area contributed by atoms with E-state index in [0.29, 0.717) is 6.04 Å². The zero-order valence-electron chi connectivity index (χ0n) is 13.7. The molecule has 0 saturated carbocycles. The highest BCUT2D eigenvalue weighted by Crippen LogP contribution is 2.27. The minimum Gasteiger partial charge on any atom is -0.314 e. The van der Waals surface area contributed by atoms with Gasteiger partial charge in [-0.1, -0.05) is 42.5 Å². The predicted octanol–water partition coefficient (Wildman–Crippen LogP) is 2.41. The lowest BCUT2D eigenvalue weighted by molar-refractivity contribution is 0.450. The number of hydrogen-bond donors (Lipinski definition) is 2. The minimum atomic E-state index is -3.66. The largest absolute Gasteiger partial charge is 0.314 e. The van der Waals surface area contributed by atoms with Crippen LogP contribution in [-0.2, 0) is 29.3 Å². The quantitative estimate of drug-likeness (QED) is 0.791. The van der Waals surface area contributed by atoms with Crippen molar-refractivity contribution in [3.8, 4) is 0 Å². The number of fused-ring (bicyclic) bond motifs is 1. The number of rotatable bonds is 6. The Labute approximate surface area is 144 Å². The van der Waals surface area contributed by atoms with E-state index in [4.69, 9.17) is 5.14 Å². The molecule has 1 unspecified atom stereocenters. The van der Waals surface area contributed by atoms with E-state index in [1.807, 2.05) is 12.1 Å². The maximum Gasteiger partial charge on any atom is 0.238 e. The molecule has 3 rings (SSSR count). The van der Waals surface area contributed by atoms with E-state index in [9.17, 15) is 8.42 Å². The van der Waals surface area contributed by atoms with Crippen molar-refractivity contribution in [3.05, 3.63) is 65.2 Å². The van der Waals surface area contributed by atoms with Crippen LogP contribution < -0.4 is 10.5 Å². The molecule has 0 fully saturated rings. The van der Waals surface area contributed by atoms with Crippen LogP contribution in [0.1, 0.15) is 29.5 Å². The molecule has 0 saturated heterocycles. The molecule has 0 bridgehead atoms. The van der Waals surface area contributed by atoms with Crippen molar-refractivity contribution in [2.75, 3.05) is 6.54 Å². The molecule has 2 aromatic carbocycles. The Bertz CT molecular complexity index is 788. The molecule has 1 aliphatic rings. The van der Waals surface area contributed by atoms with Gasteiger partial charge in [-0.2, -0.15) is 0 Å². The lowest BCUT2D eigenvalue weighted by Gasteiger charge is -2.27. The average Bonchev–Trinajstić information content (AvgIpc) is 2.58. The second-order valence-corrected chi connectivity index (χ2v) is 7.95. The standard InChI is InChI=1S/C19H24N2O2S/c20-24(22,23)19-10-4-9-16-11-12-17(14-18(16)19)21-13-5-8-15-6-2-1-3-7-15/h1-4,6-7,9-10,17,21H,5,8,11-14H2,(H2,20,22,23). The van der Waals surface area contributed by atoms with Crippen LogP contribution in [-0.4, -0.2) is 21.0 Å². The molecular weight excluding hydrogens is 320 g/mol. The van der Waals surface area contributed by atoms with Gasteiger partial charge in [0.15, 0.2) is 0 Å². The van der Waals surface area contributed by atoms with Gasteiger partial charge in [-0.3, -0.25) is 0 Å². The Hall–Kier alpha value is -1.69. The summed E-state index contributed by atoms with van der Waals surface area (Å²) in [6.45, 7) is 0.937. The van der Waals surface area contributed by atoms with E-state index in [-0.39, 0.29) is 4.90 Å². The summed E-state index contributed by atoms with van der Waals surface area (Å²) in [5.74, 6) is 0. The molecule has 0 aromatic heterocycles. The Morgan fingerprint density at radius 2 is 1.88 bits per heavy atom. The summed E-state index contributed by atoms with van der Waals surface area (Å²) in [5.41, 5.74) is 3.36. The van der Waals surface area contributed by atoms with Crippen molar-refractivity contribution in [3.63, 3.8) is 0 Å². The zero-order valence-corrected chi connectivity index (χ0v) is 14.6. The summed E-state index contributed by atoms with van der Waals surface area (Å²) >= 11 is 0. The Morgan fingerprint density at radius 3 is 2.62 bits per heavy atom. The monoisotopic (exact) mass is 344 g/mol. The summed E-state index contributed by atoms with van der Waals surface area (Å²) in [4.78, 5) is 0.288. The first-order valence-corrected chi connectivity index (χ1v) is 9.99. The molecule has 0 amide bonds. The molecule has 0 spiro atoms.